The van der Waals surface area contributed by atoms with Crippen LogP contribution in [0.15, 0.2) is 18.2 Å². The maximum Gasteiger partial charge on any atom is 0.130 e. The van der Waals surface area contributed by atoms with Gasteiger partial charge in [0.15, 0.2) is 0 Å². The smallest absolute Gasteiger partial charge is 0.130 e. The largest absolute Gasteiger partial charge is 0.326 e. The summed E-state index contributed by atoms with van der Waals surface area (Å²) in [6.07, 6.45) is 0.856. The first-order valence-corrected chi connectivity index (χ1v) is 5.58. The second-order valence-corrected chi connectivity index (χ2v) is 4.19. The molecule has 2 rings (SSSR count). The molecule has 4 heteroatoms. The van der Waals surface area contributed by atoms with Gasteiger partial charge in [-0.15, -0.1) is 0 Å². The van der Waals surface area contributed by atoms with E-state index in [9.17, 15) is 8.78 Å². The molecule has 2 N–H and O–H groups in total. The Hall–Kier alpha value is -1.00. The minimum absolute atomic E-state index is 0.0695. The Morgan fingerprint density at radius 1 is 1.44 bits per heavy atom. The zero-order valence-corrected chi connectivity index (χ0v) is 9.29. The summed E-state index contributed by atoms with van der Waals surface area (Å²) in [5.74, 6) is -1.04. The summed E-state index contributed by atoms with van der Waals surface area (Å²) in [4.78, 5) is 2.13. The van der Waals surface area contributed by atoms with E-state index in [0.29, 0.717) is 5.56 Å². The minimum Gasteiger partial charge on any atom is -0.326 e. The van der Waals surface area contributed by atoms with Crippen LogP contribution >= 0.6 is 0 Å². The molecular formula is C12H16F2N2. The van der Waals surface area contributed by atoms with Gasteiger partial charge in [-0.05, 0) is 19.0 Å². The fourth-order valence-electron chi connectivity index (χ4n) is 2.41. The Labute approximate surface area is 94.0 Å². The lowest BCUT2D eigenvalue weighted by atomic mass is 10.00. The third kappa shape index (κ3) is 1.95. The zero-order chi connectivity index (χ0) is 11.7. The highest BCUT2D eigenvalue weighted by molar-refractivity contribution is 5.25. The van der Waals surface area contributed by atoms with E-state index in [1.165, 1.54) is 12.1 Å². The van der Waals surface area contributed by atoms with Gasteiger partial charge in [0.05, 0.1) is 6.04 Å². The van der Waals surface area contributed by atoms with Gasteiger partial charge >= 0.3 is 0 Å². The topological polar surface area (TPSA) is 29.3 Å². The molecule has 0 saturated carbocycles. The third-order valence-corrected chi connectivity index (χ3v) is 3.24. The third-order valence-electron chi connectivity index (χ3n) is 3.24. The normalized spacial score (nSPS) is 26.2. The molecule has 1 aromatic rings. The summed E-state index contributed by atoms with van der Waals surface area (Å²) in [6, 6.07) is 3.53. The van der Waals surface area contributed by atoms with Crippen LogP contribution in [0.3, 0.4) is 0 Å². The molecule has 1 aliphatic rings. The van der Waals surface area contributed by atoms with Crippen molar-refractivity contribution in [3.63, 3.8) is 0 Å². The highest BCUT2D eigenvalue weighted by atomic mass is 19.1. The number of hydrogen-bond acceptors (Lipinski definition) is 2. The Morgan fingerprint density at radius 3 is 2.81 bits per heavy atom. The van der Waals surface area contributed by atoms with E-state index in [4.69, 9.17) is 5.73 Å². The van der Waals surface area contributed by atoms with E-state index in [-0.39, 0.29) is 12.1 Å². The van der Waals surface area contributed by atoms with E-state index in [0.717, 1.165) is 25.6 Å². The van der Waals surface area contributed by atoms with Gasteiger partial charge in [0.2, 0.25) is 0 Å². The summed E-state index contributed by atoms with van der Waals surface area (Å²) >= 11 is 0. The van der Waals surface area contributed by atoms with Crippen LogP contribution in [-0.4, -0.2) is 24.0 Å². The van der Waals surface area contributed by atoms with Crippen molar-refractivity contribution in [2.45, 2.75) is 25.4 Å². The van der Waals surface area contributed by atoms with Crippen molar-refractivity contribution in [1.29, 1.82) is 0 Å². The highest BCUT2D eigenvalue weighted by Crippen LogP contribution is 2.32. The maximum absolute atomic E-state index is 13.7. The molecule has 88 valence electrons. The fourth-order valence-corrected chi connectivity index (χ4v) is 2.41. The number of hydrogen-bond donors (Lipinski definition) is 1. The first kappa shape index (κ1) is 11.5. The van der Waals surface area contributed by atoms with Crippen molar-refractivity contribution >= 4 is 0 Å². The first-order chi connectivity index (χ1) is 7.63. The maximum atomic E-state index is 13.7. The summed E-state index contributed by atoms with van der Waals surface area (Å²) in [5, 5.41) is 0. The van der Waals surface area contributed by atoms with E-state index >= 15 is 0 Å². The monoisotopic (exact) mass is 226 g/mol. The van der Waals surface area contributed by atoms with Crippen molar-refractivity contribution in [2.75, 3.05) is 13.1 Å². The lowest BCUT2D eigenvalue weighted by Gasteiger charge is -2.26. The SMILES string of the molecule is CCN1CCC(N)C1c1ccc(F)cc1F. The lowest BCUT2D eigenvalue weighted by Crippen LogP contribution is -2.32. The second kappa shape index (κ2) is 4.47. The van der Waals surface area contributed by atoms with Crippen LogP contribution in [0.2, 0.25) is 0 Å². The van der Waals surface area contributed by atoms with Gasteiger partial charge in [0, 0.05) is 24.2 Å². The standard InChI is InChI=1S/C12H16F2N2/c1-2-16-6-5-11(15)12(16)9-4-3-8(13)7-10(9)14/h3-4,7,11-12H,2,5-6,15H2,1H3. The van der Waals surface area contributed by atoms with Crippen molar-refractivity contribution < 1.29 is 8.78 Å². The summed E-state index contributed by atoms with van der Waals surface area (Å²) in [7, 11) is 0. The highest BCUT2D eigenvalue weighted by Gasteiger charge is 2.33. The molecule has 16 heavy (non-hydrogen) atoms. The molecule has 1 heterocycles. The van der Waals surface area contributed by atoms with Crippen molar-refractivity contribution in [2.24, 2.45) is 5.73 Å². The molecule has 0 bridgehead atoms. The molecule has 1 aromatic carbocycles. The Balaban J connectivity index is 2.34. The quantitative estimate of drug-likeness (QED) is 0.836. The predicted octanol–water partition coefficient (Wildman–Crippen LogP) is 2.06. The van der Waals surface area contributed by atoms with Gasteiger partial charge in [0.25, 0.3) is 0 Å². The molecule has 0 aromatic heterocycles. The molecule has 2 nitrogen and oxygen atoms in total. The van der Waals surface area contributed by atoms with E-state index in [1.54, 1.807) is 0 Å². The van der Waals surface area contributed by atoms with Gasteiger partial charge in [-0.25, -0.2) is 8.78 Å². The molecule has 0 radical (unpaired) electrons. The van der Waals surface area contributed by atoms with Crippen LogP contribution in [0.5, 0.6) is 0 Å². The van der Waals surface area contributed by atoms with Crippen molar-refractivity contribution in [1.82, 2.24) is 4.90 Å². The number of rotatable bonds is 2. The molecule has 1 aliphatic heterocycles. The number of nitrogens with zero attached hydrogens (tertiary/aromatic N) is 1. The van der Waals surface area contributed by atoms with Crippen LogP contribution in [-0.2, 0) is 0 Å². The Bertz CT molecular complexity index is 381. The number of benzene rings is 1. The van der Waals surface area contributed by atoms with Crippen molar-refractivity contribution in [3.8, 4) is 0 Å². The van der Waals surface area contributed by atoms with Gasteiger partial charge < -0.3 is 5.73 Å². The molecule has 0 amide bonds. The van der Waals surface area contributed by atoms with Crippen LogP contribution in [0.4, 0.5) is 8.78 Å². The van der Waals surface area contributed by atoms with E-state index in [2.05, 4.69) is 4.90 Å². The average Bonchev–Trinajstić information content (AvgIpc) is 2.60. The number of likely N-dealkylation sites (tertiary alicyclic amines) is 1. The van der Waals surface area contributed by atoms with Gasteiger partial charge in [-0.3, -0.25) is 4.90 Å². The molecule has 1 saturated heterocycles. The molecule has 1 fully saturated rings. The molecular weight excluding hydrogens is 210 g/mol. The Kier molecular flexibility index (Phi) is 3.21. The fraction of sp³-hybridized carbons (Fsp3) is 0.500. The molecule has 0 aliphatic carbocycles. The predicted molar refractivity (Wildman–Crippen MR) is 58.9 cm³/mol. The van der Waals surface area contributed by atoms with Crippen LogP contribution in [0.1, 0.15) is 24.9 Å². The minimum atomic E-state index is -0.545. The van der Waals surface area contributed by atoms with Gasteiger partial charge in [-0.1, -0.05) is 13.0 Å². The van der Waals surface area contributed by atoms with Gasteiger partial charge in [0.1, 0.15) is 11.6 Å². The summed E-state index contributed by atoms with van der Waals surface area (Å²) in [6.45, 7) is 3.72. The van der Waals surface area contributed by atoms with Crippen LogP contribution in [0.25, 0.3) is 0 Å². The number of likely N-dealkylation sites (N-methyl/N-ethyl adjacent to an activating group) is 1. The summed E-state index contributed by atoms with van der Waals surface area (Å²) < 4.78 is 26.5. The lowest BCUT2D eigenvalue weighted by molar-refractivity contribution is 0.255. The Morgan fingerprint density at radius 2 is 2.19 bits per heavy atom. The average molecular weight is 226 g/mol. The van der Waals surface area contributed by atoms with E-state index < -0.39 is 11.6 Å². The number of nitrogens with two attached hydrogens (primary N) is 1. The van der Waals surface area contributed by atoms with Gasteiger partial charge in [-0.2, -0.15) is 0 Å². The van der Waals surface area contributed by atoms with Crippen LogP contribution in [0, 0.1) is 11.6 Å². The first-order valence-electron chi connectivity index (χ1n) is 5.58. The molecule has 2 atom stereocenters. The van der Waals surface area contributed by atoms with Crippen molar-refractivity contribution in [3.05, 3.63) is 35.4 Å². The number of halogens is 2. The molecule has 0 spiro atoms. The molecule has 2 unspecified atom stereocenters. The summed E-state index contributed by atoms with van der Waals surface area (Å²) in [5.41, 5.74) is 6.49. The zero-order valence-electron chi connectivity index (χ0n) is 9.29. The van der Waals surface area contributed by atoms with E-state index in [1.807, 2.05) is 6.92 Å². The second-order valence-electron chi connectivity index (χ2n) is 4.19. The van der Waals surface area contributed by atoms with Crippen LogP contribution < -0.4 is 5.73 Å².